The van der Waals surface area contributed by atoms with Crippen LogP contribution < -0.4 is 0 Å². The molecule has 2 aliphatic rings. The van der Waals surface area contributed by atoms with Crippen LogP contribution in [0.25, 0.3) is 23.0 Å². The highest BCUT2D eigenvalue weighted by molar-refractivity contribution is 8.19. The maximum Gasteiger partial charge on any atom is 0.303 e. The fourth-order valence-corrected chi connectivity index (χ4v) is 6.71. The standard InChI is InChI=1S/C33H30N4O12S2/c1-17(38)45-16-25-28(46-18(2)39)29(47-19(3)40)30(48-20(4)41)31(49-25)36-32(50)26(51-33(36)42)14-22-15-35(23-8-6-5-7-9-23)34-27(22)21-10-12-24(13-11-21)37(43)44/h5-15,25,28-31H,16H2,1-4H3/b26-14-/t25-,28-,29+,30-,31-/m1/s1. The lowest BCUT2D eigenvalue weighted by Gasteiger charge is -2.46. The number of nitrogens with zero attached hydrogens (tertiary/aromatic N) is 4. The number of benzene rings is 2. The first-order chi connectivity index (χ1) is 24.2. The maximum atomic E-state index is 13.7. The molecule has 1 amide bonds. The van der Waals surface area contributed by atoms with E-state index in [0.717, 1.165) is 44.4 Å². The SMILES string of the molecule is CC(=O)OC[C@H]1O[C@@H](N2C(=O)S/C(=C\c3cn(-c4ccccc4)nc3-c3ccc([N+](=O)[O-])cc3)C2=S)[C@H](OC(C)=O)[C@@H](OC(C)=O)[C@@H]1OC(C)=O. The first kappa shape index (κ1) is 36.8. The van der Waals surface area contributed by atoms with Crippen LogP contribution >= 0.6 is 24.0 Å². The molecule has 2 aromatic carbocycles. The molecule has 0 spiro atoms. The number of carbonyl (C=O) groups excluding carboxylic acids is 5. The predicted molar refractivity (Wildman–Crippen MR) is 183 cm³/mol. The van der Waals surface area contributed by atoms with Crippen molar-refractivity contribution in [3.8, 4) is 16.9 Å². The van der Waals surface area contributed by atoms with Gasteiger partial charge in [-0.25, -0.2) is 4.68 Å². The van der Waals surface area contributed by atoms with Gasteiger partial charge in [0.05, 0.1) is 21.2 Å². The van der Waals surface area contributed by atoms with Gasteiger partial charge in [-0.2, -0.15) is 5.10 Å². The summed E-state index contributed by atoms with van der Waals surface area (Å²) in [6.07, 6.45) is -4.02. The zero-order chi connectivity index (χ0) is 37.0. The Kier molecular flexibility index (Phi) is 11.3. The van der Waals surface area contributed by atoms with Crippen LogP contribution in [0.5, 0.6) is 0 Å². The van der Waals surface area contributed by atoms with Gasteiger partial charge in [0.2, 0.25) is 0 Å². The lowest BCUT2D eigenvalue weighted by atomic mass is 9.96. The van der Waals surface area contributed by atoms with Crippen LogP contribution in [0.15, 0.2) is 65.7 Å². The van der Waals surface area contributed by atoms with E-state index in [1.807, 2.05) is 30.3 Å². The summed E-state index contributed by atoms with van der Waals surface area (Å²) < 4.78 is 29.4. The van der Waals surface area contributed by atoms with Gasteiger partial charge in [0.1, 0.15) is 17.7 Å². The number of nitro groups is 1. The van der Waals surface area contributed by atoms with Crippen LogP contribution in [0.4, 0.5) is 10.5 Å². The topological polar surface area (TPSA) is 196 Å². The van der Waals surface area contributed by atoms with E-state index in [2.05, 4.69) is 0 Å². The zero-order valence-corrected chi connectivity index (χ0v) is 29.1. The number of thioether (sulfide) groups is 1. The van der Waals surface area contributed by atoms with Crippen molar-refractivity contribution < 1.29 is 52.6 Å². The Morgan fingerprint density at radius 2 is 1.53 bits per heavy atom. The summed E-state index contributed by atoms with van der Waals surface area (Å²) in [4.78, 5) is 74.2. The van der Waals surface area contributed by atoms with Crippen LogP contribution in [0.2, 0.25) is 0 Å². The van der Waals surface area contributed by atoms with Crippen molar-refractivity contribution in [2.24, 2.45) is 0 Å². The Hall–Kier alpha value is -5.46. The largest absolute Gasteiger partial charge is 0.463 e. The highest BCUT2D eigenvalue weighted by Gasteiger charge is 2.56. The van der Waals surface area contributed by atoms with Gasteiger partial charge >= 0.3 is 23.9 Å². The van der Waals surface area contributed by atoms with E-state index in [9.17, 15) is 34.1 Å². The minimum Gasteiger partial charge on any atom is -0.463 e. The summed E-state index contributed by atoms with van der Waals surface area (Å²) in [5, 5.41) is 15.3. The average molecular weight is 739 g/mol. The molecule has 0 radical (unpaired) electrons. The van der Waals surface area contributed by atoms with Crippen LogP contribution in [-0.2, 0) is 42.9 Å². The predicted octanol–water partition coefficient (Wildman–Crippen LogP) is 4.37. The number of nitro benzene ring substituents is 1. The van der Waals surface area contributed by atoms with Crippen LogP contribution in [0.1, 0.15) is 33.3 Å². The summed E-state index contributed by atoms with van der Waals surface area (Å²) in [5.74, 6) is -3.17. The van der Waals surface area contributed by atoms with E-state index in [-0.39, 0.29) is 15.6 Å². The highest BCUT2D eigenvalue weighted by atomic mass is 32.2. The van der Waals surface area contributed by atoms with Crippen LogP contribution in [-0.4, -0.2) is 91.0 Å². The van der Waals surface area contributed by atoms with E-state index in [1.165, 1.54) is 12.1 Å². The molecule has 51 heavy (non-hydrogen) atoms. The van der Waals surface area contributed by atoms with E-state index < -0.39 is 71.3 Å². The Morgan fingerprint density at radius 1 is 0.922 bits per heavy atom. The Morgan fingerprint density at radius 3 is 2.12 bits per heavy atom. The number of hydrogen-bond donors (Lipinski definition) is 0. The van der Waals surface area contributed by atoms with Crippen LogP contribution in [0, 0.1) is 10.1 Å². The number of esters is 4. The fourth-order valence-electron chi connectivity index (χ4n) is 5.43. The number of thiocarbonyl (C=S) groups is 1. The average Bonchev–Trinajstić information content (AvgIpc) is 3.61. The first-order valence-electron chi connectivity index (χ1n) is 15.2. The van der Waals surface area contributed by atoms with Crippen LogP contribution in [0.3, 0.4) is 0 Å². The second kappa shape index (κ2) is 15.6. The molecular formula is C33H30N4O12S2. The number of hydrogen-bond acceptors (Lipinski definition) is 15. The molecule has 16 nitrogen and oxygen atoms in total. The van der Waals surface area contributed by atoms with Crippen molar-refractivity contribution in [2.75, 3.05) is 6.61 Å². The molecule has 2 saturated heterocycles. The molecule has 0 unspecified atom stereocenters. The Labute approximate surface area is 299 Å². The summed E-state index contributed by atoms with van der Waals surface area (Å²) in [5.41, 5.74) is 2.05. The molecule has 0 saturated carbocycles. The normalized spacial score (nSPS) is 22.4. The second-order valence-electron chi connectivity index (χ2n) is 11.2. The molecule has 3 heterocycles. The lowest BCUT2D eigenvalue weighted by Crippen LogP contribution is -2.66. The third kappa shape index (κ3) is 8.47. The molecule has 2 fully saturated rings. The third-order valence-corrected chi connectivity index (χ3v) is 8.89. The van der Waals surface area contributed by atoms with Gasteiger partial charge in [0, 0.05) is 57.2 Å². The molecule has 0 aliphatic carbocycles. The molecule has 18 heteroatoms. The minimum atomic E-state index is -1.55. The molecule has 5 rings (SSSR count). The van der Waals surface area contributed by atoms with Crippen molar-refractivity contribution in [1.29, 1.82) is 0 Å². The summed E-state index contributed by atoms with van der Waals surface area (Å²) in [7, 11) is 0. The summed E-state index contributed by atoms with van der Waals surface area (Å²) in [6.45, 7) is 3.92. The van der Waals surface area contributed by atoms with Gasteiger partial charge in [0.15, 0.2) is 24.5 Å². The molecule has 5 atom stereocenters. The first-order valence-corrected chi connectivity index (χ1v) is 16.4. The smallest absolute Gasteiger partial charge is 0.303 e. The Balaban J connectivity index is 1.57. The van der Waals surface area contributed by atoms with Crippen molar-refractivity contribution in [1.82, 2.24) is 14.7 Å². The van der Waals surface area contributed by atoms with E-state index in [1.54, 1.807) is 29.1 Å². The van der Waals surface area contributed by atoms with Crippen molar-refractivity contribution in [2.45, 2.75) is 58.3 Å². The molecule has 0 bridgehead atoms. The molecular weight excluding hydrogens is 709 g/mol. The molecule has 266 valence electrons. The van der Waals surface area contributed by atoms with Gasteiger partial charge in [-0.1, -0.05) is 30.4 Å². The van der Waals surface area contributed by atoms with Gasteiger partial charge in [0.25, 0.3) is 10.9 Å². The van der Waals surface area contributed by atoms with Gasteiger partial charge in [-0.3, -0.25) is 39.0 Å². The third-order valence-electron chi connectivity index (χ3n) is 7.45. The second-order valence-corrected chi connectivity index (χ2v) is 12.5. The number of non-ortho nitro benzene ring substituents is 1. The quantitative estimate of drug-likeness (QED) is 0.0710. The number of para-hydroxylation sites is 1. The van der Waals surface area contributed by atoms with E-state index in [0.29, 0.717) is 22.5 Å². The number of carbonyl (C=O) groups is 5. The van der Waals surface area contributed by atoms with E-state index >= 15 is 0 Å². The highest BCUT2D eigenvalue weighted by Crippen LogP contribution is 2.41. The lowest BCUT2D eigenvalue weighted by molar-refractivity contribution is -0.384. The number of rotatable bonds is 10. The summed E-state index contributed by atoms with van der Waals surface area (Å²) in [6, 6.07) is 14.9. The Bertz CT molecular complexity index is 1910. The monoisotopic (exact) mass is 738 g/mol. The molecule has 1 aromatic heterocycles. The van der Waals surface area contributed by atoms with E-state index in [4.69, 9.17) is 41.0 Å². The number of aromatic nitrogens is 2. The van der Waals surface area contributed by atoms with Crippen molar-refractivity contribution in [3.63, 3.8) is 0 Å². The number of amides is 1. The van der Waals surface area contributed by atoms with Gasteiger partial charge < -0.3 is 23.7 Å². The van der Waals surface area contributed by atoms with Gasteiger partial charge in [-0.15, -0.1) is 0 Å². The molecule has 0 N–H and O–H groups in total. The molecule has 2 aliphatic heterocycles. The fraction of sp³-hybridized carbons (Fsp3) is 0.303. The van der Waals surface area contributed by atoms with Gasteiger partial charge in [-0.05, 0) is 42.1 Å². The zero-order valence-electron chi connectivity index (χ0n) is 27.4. The summed E-state index contributed by atoms with van der Waals surface area (Å²) >= 11 is 6.51. The van der Waals surface area contributed by atoms with Crippen molar-refractivity contribution in [3.05, 3.63) is 81.4 Å². The van der Waals surface area contributed by atoms with Crippen molar-refractivity contribution >= 4 is 69.8 Å². The molecule has 3 aromatic rings. The number of ether oxygens (including phenoxy) is 5. The minimum absolute atomic E-state index is 0.0620. The maximum absolute atomic E-state index is 13.7.